The normalized spacial score (nSPS) is 27.6. The van der Waals surface area contributed by atoms with Crippen LogP contribution in [0.2, 0.25) is 0 Å². The molecular formula is C15H29N3O. The van der Waals surface area contributed by atoms with Crippen molar-refractivity contribution >= 4 is 5.91 Å². The fourth-order valence-electron chi connectivity index (χ4n) is 3.38. The number of piperazine rings is 1. The highest BCUT2D eigenvalue weighted by Crippen LogP contribution is 2.20. The first kappa shape index (κ1) is 14.8. The highest BCUT2D eigenvalue weighted by Gasteiger charge is 2.34. The van der Waals surface area contributed by atoms with Gasteiger partial charge in [-0.1, -0.05) is 20.3 Å². The van der Waals surface area contributed by atoms with E-state index in [4.69, 9.17) is 0 Å². The summed E-state index contributed by atoms with van der Waals surface area (Å²) in [5.41, 5.74) is 0. The van der Waals surface area contributed by atoms with Gasteiger partial charge in [0.25, 0.3) is 0 Å². The fourth-order valence-corrected chi connectivity index (χ4v) is 3.38. The summed E-state index contributed by atoms with van der Waals surface area (Å²) in [6, 6.07) is 0.512. The predicted octanol–water partition coefficient (Wildman–Crippen LogP) is 1.32. The molecule has 0 bridgehead atoms. The maximum absolute atomic E-state index is 12.8. The molecule has 110 valence electrons. The summed E-state index contributed by atoms with van der Waals surface area (Å²) in [6.45, 7) is 11.4. The molecule has 0 aromatic carbocycles. The summed E-state index contributed by atoms with van der Waals surface area (Å²) in [6.07, 6.45) is 3.81. The van der Waals surface area contributed by atoms with Gasteiger partial charge in [0.15, 0.2) is 0 Å². The van der Waals surface area contributed by atoms with Crippen LogP contribution in [0.3, 0.4) is 0 Å². The third kappa shape index (κ3) is 3.69. The van der Waals surface area contributed by atoms with Crippen LogP contribution in [0.1, 0.15) is 40.0 Å². The Morgan fingerprint density at radius 3 is 2.42 bits per heavy atom. The molecule has 2 rings (SSSR count). The Morgan fingerprint density at radius 2 is 1.84 bits per heavy atom. The molecule has 2 heterocycles. The lowest BCUT2D eigenvalue weighted by Gasteiger charge is -2.41. The van der Waals surface area contributed by atoms with Gasteiger partial charge in [0.1, 0.15) is 0 Å². The Labute approximate surface area is 117 Å². The Kier molecular flexibility index (Phi) is 5.22. The van der Waals surface area contributed by atoms with Gasteiger partial charge >= 0.3 is 0 Å². The molecule has 4 nitrogen and oxygen atoms in total. The summed E-state index contributed by atoms with van der Waals surface area (Å²) < 4.78 is 0. The van der Waals surface area contributed by atoms with Gasteiger partial charge in [-0.2, -0.15) is 0 Å². The second-order valence-electron chi connectivity index (χ2n) is 6.42. The van der Waals surface area contributed by atoms with E-state index in [1.807, 2.05) is 0 Å². The average molecular weight is 267 g/mol. The van der Waals surface area contributed by atoms with Crippen LogP contribution in [-0.2, 0) is 4.79 Å². The Morgan fingerprint density at radius 1 is 1.16 bits per heavy atom. The summed E-state index contributed by atoms with van der Waals surface area (Å²) >= 11 is 0. The molecule has 1 amide bonds. The molecule has 2 atom stereocenters. The first-order valence-electron chi connectivity index (χ1n) is 7.86. The molecule has 0 aliphatic carbocycles. The van der Waals surface area contributed by atoms with Gasteiger partial charge in [0.2, 0.25) is 5.91 Å². The van der Waals surface area contributed by atoms with Gasteiger partial charge in [-0.25, -0.2) is 0 Å². The number of likely N-dealkylation sites (tertiary alicyclic amines) is 1. The molecule has 0 aromatic rings. The molecule has 1 N–H and O–H groups in total. The van der Waals surface area contributed by atoms with Crippen molar-refractivity contribution in [2.45, 2.75) is 52.1 Å². The smallest absolute Gasteiger partial charge is 0.240 e. The fraction of sp³-hybridized carbons (Fsp3) is 0.933. The van der Waals surface area contributed by atoms with Crippen LogP contribution < -0.4 is 5.32 Å². The number of nitrogens with one attached hydrogen (secondary N) is 1. The van der Waals surface area contributed by atoms with E-state index in [9.17, 15) is 4.79 Å². The van der Waals surface area contributed by atoms with Crippen molar-refractivity contribution in [1.29, 1.82) is 0 Å². The van der Waals surface area contributed by atoms with Crippen LogP contribution in [0.5, 0.6) is 0 Å². The highest BCUT2D eigenvalue weighted by molar-refractivity contribution is 5.82. The molecule has 0 aromatic heterocycles. The van der Waals surface area contributed by atoms with Gasteiger partial charge in [-0.15, -0.1) is 0 Å². The van der Waals surface area contributed by atoms with Crippen molar-refractivity contribution in [3.63, 3.8) is 0 Å². The molecule has 0 saturated carbocycles. The van der Waals surface area contributed by atoms with Crippen molar-refractivity contribution in [3.8, 4) is 0 Å². The minimum atomic E-state index is 0.0885. The van der Waals surface area contributed by atoms with Gasteiger partial charge in [-0.05, 0) is 38.8 Å². The lowest BCUT2D eigenvalue weighted by molar-refractivity contribution is -0.140. The largest absolute Gasteiger partial charge is 0.339 e. The van der Waals surface area contributed by atoms with Crippen LogP contribution in [0.25, 0.3) is 0 Å². The van der Waals surface area contributed by atoms with E-state index in [1.165, 1.54) is 19.3 Å². The van der Waals surface area contributed by atoms with E-state index in [0.29, 0.717) is 17.9 Å². The molecule has 2 saturated heterocycles. The number of nitrogens with zero attached hydrogens (tertiary/aromatic N) is 2. The van der Waals surface area contributed by atoms with E-state index in [2.05, 4.69) is 35.9 Å². The maximum Gasteiger partial charge on any atom is 0.240 e. The quantitative estimate of drug-likeness (QED) is 0.837. The monoisotopic (exact) mass is 267 g/mol. The molecule has 19 heavy (non-hydrogen) atoms. The third-order valence-corrected chi connectivity index (χ3v) is 4.35. The van der Waals surface area contributed by atoms with Crippen molar-refractivity contribution in [3.05, 3.63) is 0 Å². The van der Waals surface area contributed by atoms with Gasteiger partial charge < -0.3 is 10.2 Å². The molecule has 0 radical (unpaired) electrons. The number of hydrogen-bond donors (Lipinski definition) is 1. The third-order valence-electron chi connectivity index (χ3n) is 4.35. The predicted molar refractivity (Wildman–Crippen MR) is 78.1 cm³/mol. The minimum absolute atomic E-state index is 0.0885. The summed E-state index contributed by atoms with van der Waals surface area (Å²) in [7, 11) is 0. The van der Waals surface area contributed by atoms with E-state index in [-0.39, 0.29) is 6.04 Å². The van der Waals surface area contributed by atoms with E-state index < -0.39 is 0 Å². The number of amides is 1. The number of carbonyl (C=O) groups is 1. The molecule has 0 spiro atoms. The average Bonchev–Trinajstić information content (AvgIpc) is 2.39. The second kappa shape index (κ2) is 6.71. The number of carbonyl (C=O) groups excluding carboxylic acids is 1. The molecule has 4 heteroatoms. The molecule has 2 aliphatic heterocycles. The topological polar surface area (TPSA) is 35.6 Å². The summed E-state index contributed by atoms with van der Waals surface area (Å²) in [4.78, 5) is 17.3. The Hall–Kier alpha value is -0.610. The van der Waals surface area contributed by atoms with Crippen LogP contribution in [0, 0.1) is 5.92 Å². The van der Waals surface area contributed by atoms with Gasteiger partial charge in [-0.3, -0.25) is 9.69 Å². The Balaban J connectivity index is 2.02. The lowest BCUT2D eigenvalue weighted by atomic mass is 9.97. The van der Waals surface area contributed by atoms with Crippen molar-refractivity contribution in [2.75, 3.05) is 32.7 Å². The highest BCUT2D eigenvalue weighted by atomic mass is 16.2. The van der Waals surface area contributed by atoms with Crippen LogP contribution in [-0.4, -0.2) is 60.5 Å². The zero-order chi connectivity index (χ0) is 13.8. The van der Waals surface area contributed by atoms with Crippen LogP contribution >= 0.6 is 0 Å². The van der Waals surface area contributed by atoms with Gasteiger partial charge in [0, 0.05) is 25.7 Å². The zero-order valence-corrected chi connectivity index (χ0v) is 12.7. The molecule has 2 unspecified atom stereocenters. The lowest BCUT2D eigenvalue weighted by Crippen LogP contribution is -2.58. The van der Waals surface area contributed by atoms with Crippen LogP contribution in [0.4, 0.5) is 0 Å². The molecular weight excluding hydrogens is 238 g/mol. The minimum Gasteiger partial charge on any atom is -0.339 e. The van der Waals surface area contributed by atoms with E-state index in [1.54, 1.807) is 0 Å². The second-order valence-corrected chi connectivity index (χ2v) is 6.42. The first-order valence-corrected chi connectivity index (χ1v) is 7.86. The SMILES string of the molecule is CC1CN(C(=O)C(C(C)C)N2CCCCC2)CCN1. The summed E-state index contributed by atoms with van der Waals surface area (Å²) in [5.74, 6) is 0.751. The number of hydrogen-bond acceptors (Lipinski definition) is 3. The maximum atomic E-state index is 12.8. The Bertz CT molecular complexity index is 300. The van der Waals surface area contributed by atoms with E-state index >= 15 is 0 Å². The van der Waals surface area contributed by atoms with Gasteiger partial charge in [0.05, 0.1) is 6.04 Å². The first-order chi connectivity index (χ1) is 9.09. The summed E-state index contributed by atoms with van der Waals surface area (Å²) in [5, 5.41) is 3.41. The number of piperidine rings is 1. The number of rotatable bonds is 3. The standard InChI is InChI=1S/C15H29N3O/c1-12(2)14(17-8-5-4-6-9-17)15(19)18-10-7-16-13(3)11-18/h12-14,16H,4-11H2,1-3H3. The molecule has 2 aliphatic rings. The van der Waals surface area contributed by atoms with Crippen molar-refractivity contribution < 1.29 is 4.79 Å². The van der Waals surface area contributed by atoms with Crippen molar-refractivity contribution in [2.24, 2.45) is 5.92 Å². The van der Waals surface area contributed by atoms with Crippen molar-refractivity contribution in [1.82, 2.24) is 15.1 Å². The van der Waals surface area contributed by atoms with Crippen LogP contribution in [0.15, 0.2) is 0 Å². The zero-order valence-electron chi connectivity index (χ0n) is 12.7. The molecule has 2 fully saturated rings. The van der Waals surface area contributed by atoms with E-state index in [0.717, 1.165) is 32.7 Å².